The van der Waals surface area contributed by atoms with Crippen LogP contribution in [0.15, 0.2) is 59.6 Å². The number of hydrogen-bond acceptors (Lipinski definition) is 4. The zero-order valence-corrected chi connectivity index (χ0v) is 21.9. The molecule has 1 heterocycles. The standard InChI is InChI=1S/C30H40FN3O2/c1-29(2,3)36-28(35)33-27-14-8-13-26(27)30(21-32,24-11-7-12-25(31)19-24)23-15-17-34(18-16-23)20-22-9-5-4-6-10-22/h4-7,9-12,19,23,26H,8,13-18,20-21,32H2,1-3H3/t26-,30-/m0/s1. The Kier molecular flexibility index (Phi) is 8.26. The van der Waals surface area contributed by atoms with Crippen molar-refractivity contribution in [2.45, 2.75) is 70.4 Å². The van der Waals surface area contributed by atoms with Gasteiger partial charge in [-0.15, -0.1) is 0 Å². The van der Waals surface area contributed by atoms with Crippen LogP contribution in [-0.4, -0.2) is 41.9 Å². The van der Waals surface area contributed by atoms with Crippen LogP contribution in [0.3, 0.4) is 0 Å². The van der Waals surface area contributed by atoms with Crippen molar-refractivity contribution in [2.75, 3.05) is 19.6 Å². The molecule has 1 aliphatic carbocycles. The Morgan fingerprint density at radius 1 is 1.08 bits per heavy atom. The van der Waals surface area contributed by atoms with Crippen LogP contribution in [-0.2, 0) is 16.7 Å². The Bertz CT molecular complexity index is 1060. The van der Waals surface area contributed by atoms with Gasteiger partial charge in [-0.1, -0.05) is 42.5 Å². The summed E-state index contributed by atoms with van der Waals surface area (Å²) in [5, 5.41) is 0. The van der Waals surface area contributed by atoms with E-state index < -0.39 is 17.1 Å². The third-order valence-electron chi connectivity index (χ3n) is 7.84. The number of likely N-dealkylation sites (tertiary alicyclic amines) is 1. The van der Waals surface area contributed by atoms with Crippen LogP contribution in [0.1, 0.15) is 64.0 Å². The molecule has 2 aromatic rings. The Hall–Kier alpha value is -2.57. The van der Waals surface area contributed by atoms with Gasteiger partial charge in [-0.2, -0.15) is 4.99 Å². The maximum atomic E-state index is 14.5. The molecule has 4 rings (SSSR count). The molecule has 0 bridgehead atoms. The molecule has 0 unspecified atom stereocenters. The highest BCUT2D eigenvalue weighted by molar-refractivity contribution is 5.97. The first-order valence-corrected chi connectivity index (χ1v) is 13.2. The predicted molar refractivity (Wildman–Crippen MR) is 143 cm³/mol. The zero-order valence-electron chi connectivity index (χ0n) is 21.9. The number of piperidine rings is 1. The number of ether oxygens (including phenoxy) is 1. The van der Waals surface area contributed by atoms with Gasteiger partial charge in [0.05, 0.1) is 0 Å². The summed E-state index contributed by atoms with van der Waals surface area (Å²) < 4.78 is 20.0. The molecule has 2 atom stereocenters. The normalized spacial score (nSPS) is 22.5. The molecule has 1 amide bonds. The number of amides is 1. The predicted octanol–water partition coefficient (Wildman–Crippen LogP) is 6.11. The highest BCUT2D eigenvalue weighted by Gasteiger charge is 2.50. The van der Waals surface area contributed by atoms with Crippen LogP contribution in [0.2, 0.25) is 0 Å². The molecule has 1 saturated heterocycles. The van der Waals surface area contributed by atoms with Crippen LogP contribution in [0.4, 0.5) is 9.18 Å². The van der Waals surface area contributed by atoms with Crippen LogP contribution >= 0.6 is 0 Å². The van der Waals surface area contributed by atoms with Crippen LogP contribution < -0.4 is 5.73 Å². The van der Waals surface area contributed by atoms with E-state index in [9.17, 15) is 9.18 Å². The van der Waals surface area contributed by atoms with Gasteiger partial charge in [-0.25, -0.2) is 9.18 Å². The van der Waals surface area contributed by atoms with Crippen molar-refractivity contribution in [3.05, 3.63) is 71.5 Å². The van der Waals surface area contributed by atoms with Crippen molar-refractivity contribution in [2.24, 2.45) is 22.6 Å². The lowest BCUT2D eigenvalue weighted by molar-refractivity contribution is 0.0601. The van der Waals surface area contributed by atoms with E-state index >= 15 is 0 Å². The van der Waals surface area contributed by atoms with E-state index in [2.05, 4.69) is 34.2 Å². The minimum atomic E-state index is -0.603. The lowest BCUT2D eigenvalue weighted by atomic mass is 9.59. The first-order chi connectivity index (χ1) is 17.2. The van der Waals surface area contributed by atoms with E-state index in [1.165, 1.54) is 11.6 Å². The molecule has 0 radical (unpaired) electrons. The van der Waals surface area contributed by atoms with Crippen molar-refractivity contribution < 1.29 is 13.9 Å². The van der Waals surface area contributed by atoms with Gasteiger partial charge in [-0.05, 0) is 95.1 Å². The van der Waals surface area contributed by atoms with E-state index in [0.717, 1.165) is 63.0 Å². The molecule has 1 saturated carbocycles. The summed E-state index contributed by atoms with van der Waals surface area (Å²) in [4.78, 5) is 19.6. The number of nitrogens with zero attached hydrogens (tertiary/aromatic N) is 2. The van der Waals surface area contributed by atoms with E-state index in [1.807, 2.05) is 32.9 Å². The number of benzene rings is 2. The lowest BCUT2D eigenvalue weighted by Crippen LogP contribution is -2.53. The molecular weight excluding hydrogens is 453 g/mol. The molecule has 2 N–H and O–H groups in total. The minimum absolute atomic E-state index is 0.0116. The van der Waals surface area contributed by atoms with Crippen LogP contribution in [0.25, 0.3) is 0 Å². The molecule has 5 nitrogen and oxygen atoms in total. The maximum absolute atomic E-state index is 14.5. The van der Waals surface area contributed by atoms with Crippen molar-refractivity contribution in [3.63, 3.8) is 0 Å². The van der Waals surface area contributed by atoms with Crippen molar-refractivity contribution in [3.8, 4) is 0 Å². The number of carbonyl (C=O) groups excluding carboxylic acids is 1. The minimum Gasteiger partial charge on any atom is -0.442 e. The van der Waals surface area contributed by atoms with Gasteiger partial charge in [0.15, 0.2) is 0 Å². The van der Waals surface area contributed by atoms with Gasteiger partial charge < -0.3 is 10.5 Å². The highest BCUT2D eigenvalue weighted by Crippen LogP contribution is 2.49. The van der Waals surface area contributed by atoms with Gasteiger partial charge in [0.1, 0.15) is 11.4 Å². The fourth-order valence-electron chi connectivity index (χ4n) is 6.29. The molecule has 1 aliphatic heterocycles. The van der Waals surface area contributed by atoms with Gasteiger partial charge in [0, 0.05) is 30.1 Å². The molecule has 194 valence electrons. The van der Waals surface area contributed by atoms with Crippen LogP contribution in [0.5, 0.6) is 0 Å². The van der Waals surface area contributed by atoms with Crippen LogP contribution in [0, 0.1) is 17.7 Å². The summed E-state index contributed by atoms with van der Waals surface area (Å²) >= 11 is 0. The highest BCUT2D eigenvalue weighted by atomic mass is 19.1. The van der Waals surface area contributed by atoms with E-state index in [4.69, 9.17) is 10.5 Å². The largest absolute Gasteiger partial charge is 0.442 e. The fraction of sp³-hybridized carbons (Fsp3) is 0.533. The second kappa shape index (κ2) is 11.2. The number of rotatable bonds is 6. The van der Waals surface area contributed by atoms with E-state index in [0.29, 0.717) is 6.54 Å². The molecule has 2 aliphatic rings. The van der Waals surface area contributed by atoms with Crippen molar-refractivity contribution in [1.82, 2.24) is 4.90 Å². The van der Waals surface area contributed by atoms with Crippen molar-refractivity contribution in [1.29, 1.82) is 0 Å². The fourth-order valence-corrected chi connectivity index (χ4v) is 6.29. The molecule has 0 spiro atoms. The molecule has 2 fully saturated rings. The first-order valence-electron chi connectivity index (χ1n) is 13.2. The average molecular weight is 494 g/mol. The second-order valence-electron chi connectivity index (χ2n) is 11.3. The summed E-state index contributed by atoms with van der Waals surface area (Å²) in [6.45, 7) is 8.77. The summed E-state index contributed by atoms with van der Waals surface area (Å²) in [5.41, 5.74) is 8.66. The third kappa shape index (κ3) is 6.04. The van der Waals surface area contributed by atoms with Gasteiger partial charge in [0.25, 0.3) is 0 Å². The van der Waals surface area contributed by atoms with Gasteiger partial charge >= 0.3 is 6.09 Å². The smallest absolute Gasteiger partial charge is 0.434 e. The number of carbonyl (C=O) groups is 1. The average Bonchev–Trinajstić information content (AvgIpc) is 3.29. The number of aliphatic imine (C=N–C) groups is 1. The van der Waals surface area contributed by atoms with E-state index in [-0.39, 0.29) is 17.7 Å². The molecule has 6 heteroatoms. The monoisotopic (exact) mass is 493 g/mol. The second-order valence-corrected chi connectivity index (χ2v) is 11.3. The SMILES string of the molecule is CC(C)(C)OC(=O)N=C1CCC[C@@H]1[C@](CN)(c1cccc(F)c1)C1CCN(Cc2ccccc2)CC1. The topological polar surface area (TPSA) is 67.9 Å². The maximum Gasteiger partial charge on any atom is 0.434 e. The summed E-state index contributed by atoms with van der Waals surface area (Å²) in [5.74, 6) is 0.00113. The number of halogens is 1. The van der Waals surface area contributed by atoms with Crippen molar-refractivity contribution >= 4 is 11.8 Å². The first kappa shape index (κ1) is 26.5. The van der Waals surface area contributed by atoms with E-state index in [1.54, 1.807) is 12.1 Å². The lowest BCUT2D eigenvalue weighted by Gasteiger charge is -2.48. The Labute approximate surface area is 214 Å². The van der Waals surface area contributed by atoms with Gasteiger partial charge in [0.2, 0.25) is 0 Å². The third-order valence-corrected chi connectivity index (χ3v) is 7.84. The number of hydrogen-bond donors (Lipinski definition) is 1. The molecular formula is C30H40FN3O2. The number of nitrogens with two attached hydrogens (primary N) is 1. The van der Waals surface area contributed by atoms with Gasteiger partial charge in [-0.3, -0.25) is 4.90 Å². The summed E-state index contributed by atoms with van der Waals surface area (Å²) in [7, 11) is 0. The molecule has 2 aromatic carbocycles. The quantitative estimate of drug-likeness (QED) is 0.527. The Balaban J connectivity index is 1.63. The Morgan fingerprint density at radius 3 is 2.44 bits per heavy atom. The Morgan fingerprint density at radius 2 is 1.81 bits per heavy atom. The summed E-state index contributed by atoms with van der Waals surface area (Å²) in [6, 6.07) is 17.5. The zero-order chi connectivity index (χ0) is 25.8. The summed E-state index contributed by atoms with van der Waals surface area (Å²) in [6.07, 6.45) is 3.96. The molecule has 36 heavy (non-hydrogen) atoms. The molecule has 0 aromatic heterocycles.